The molecule has 21 heavy (non-hydrogen) atoms. The van der Waals surface area contributed by atoms with Crippen LogP contribution in [-0.2, 0) is 19.4 Å². The molecule has 0 unspecified atom stereocenters. The number of hydrogen-bond donors (Lipinski definition) is 1. The molecule has 0 bridgehead atoms. The third-order valence-corrected chi connectivity index (χ3v) is 3.98. The quantitative estimate of drug-likeness (QED) is 0.731. The number of rotatable bonds is 6. The van der Waals surface area contributed by atoms with Gasteiger partial charge in [-0.1, -0.05) is 36.4 Å². The third-order valence-electron chi connectivity index (χ3n) is 3.98. The molecule has 1 aromatic heterocycles. The lowest BCUT2D eigenvalue weighted by molar-refractivity contribution is 0.662. The summed E-state index contributed by atoms with van der Waals surface area (Å²) in [4.78, 5) is 0. The van der Waals surface area contributed by atoms with Gasteiger partial charge in [-0.25, -0.2) is 0 Å². The van der Waals surface area contributed by atoms with Gasteiger partial charge >= 0.3 is 0 Å². The van der Waals surface area contributed by atoms with Gasteiger partial charge in [0.2, 0.25) is 0 Å². The number of aromatic nitrogens is 1. The van der Waals surface area contributed by atoms with Crippen molar-refractivity contribution in [2.24, 2.45) is 5.73 Å². The summed E-state index contributed by atoms with van der Waals surface area (Å²) in [5.41, 5.74) is 9.69. The van der Waals surface area contributed by atoms with Crippen LogP contribution in [0.3, 0.4) is 0 Å². The van der Waals surface area contributed by atoms with Crippen LogP contribution in [0.15, 0.2) is 60.8 Å². The van der Waals surface area contributed by atoms with Gasteiger partial charge in [0.25, 0.3) is 0 Å². The summed E-state index contributed by atoms with van der Waals surface area (Å²) in [5.74, 6) is 0. The molecule has 3 aromatic rings. The SMILES string of the molecule is NCCc1ccc2c(ccn2CCCc2ccccc2)c1. The molecule has 0 atom stereocenters. The van der Waals surface area contributed by atoms with Gasteiger partial charge in [-0.2, -0.15) is 0 Å². The van der Waals surface area contributed by atoms with E-state index >= 15 is 0 Å². The lowest BCUT2D eigenvalue weighted by Crippen LogP contribution is -2.02. The number of nitrogens with zero attached hydrogens (tertiary/aromatic N) is 1. The van der Waals surface area contributed by atoms with E-state index in [4.69, 9.17) is 5.73 Å². The van der Waals surface area contributed by atoms with E-state index in [2.05, 4.69) is 65.4 Å². The molecule has 2 heteroatoms. The van der Waals surface area contributed by atoms with Crippen molar-refractivity contribution in [1.82, 2.24) is 4.57 Å². The molecule has 0 fully saturated rings. The fourth-order valence-corrected chi connectivity index (χ4v) is 2.86. The molecule has 0 amide bonds. The van der Waals surface area contributed by atoms with Crippen LogP contribution in [0.1, 0.15) is 17.5 Å². The molecule has 0 aliphatic carbocycles. The lowest BCUT2D eigenvalue weighted by Gasteiger charge is -2.06. The highest BCUT2D eigenvalue weighted by molar-refractivity contribution is 5.80. The largest absolute Gasteiger partial charge is 0.347 e. The Hall–Kier alpha value is -2.06. The Bertz CT molecular complexity index is 698. The second-order valence-corrected chi connectivity index (χ2v) is 5.53. The molecule has 108 valence electrons. The molecule has 0 radical (unpaired) electrons. The van der Waals surface area contributed by atoms with Crippen molar-refractivity contribution in [3.8, 4) is 0 Å². The van der Waals surface area contributed by atoms with Crippen LogP contribution in [0.25, 0.3) is 10.9 Å². The van der Waals surface area contributed by atoms with E-state index in [1.54, 1.807) is 0 Å². The molecule has 0 saturated heterocycles. The molecular weight excluding hydrogens is 256 g/mol. The van der Waals surface area contributed by atoms with Gasteiger partial charge in [0, 0.05) is 18.3 Å². The minimum absolute atomic E-state index is 0.712. The number of aryl methyl sites for hydroxylation is 2. The van der Waals surface area contributed by atoms with Gasteiger partial charge in [0.1, 0.15) is 0 Å². The van der Waals surface area contributed by atoms with Crippen molar-refractivity contribution < 1.29 is 0 Å². The van der Waals surface area contributed by atoms with Crippen molar-refractivity contribution in [1.29, 1.82) is 0 Å². The van der Waals surface area contributed by atoms with Crippen molar-refractivity contribution in [3.05, 3.63) is 71.9 Å². The Morgan fingerprint density at radius 1 is 0.857 bits per heavy atom. The van der Waals surface area contributed by atoms with Gasteiger partial charge in [-0.15, -0.1) is 0 Å². The molecule has 0 aliphatic rings. The number of benzene rings is 2. The van der Waals surface area contributed by atoms with Gasteiger partial charge in [-0.3, -0.25) is 0 Å². The highest BCUT2D eigenvalue weighted by Crippen LogP contribution is 2.18. The molecule has 2 nitrogen and oxygen atoms in total. The summed E-state index contributed by atoms with van der Waals surface area (Å²) in [5, 5.41) is 1.32. The van der Waals surface area contributed by atoms with Gasteiger partial charge in [0.15, 0.2) is 0 Å². The van der Waals surface area contributed by atoms with Gasteiger partial charge in [-0.05, 0) is 60.5 Å². The van der Waals surface area contributed by atoms with E-state index < -0.39 is 0 Å². The maximum absolute atomic E-state index is 5.63. The molecule has 0 saturated carbocycles. The number of hydrogen-bond acceptors (Lipinski definition) is 1. The summed E-state index contributed by atoms with van der Waals surface area (Å²) < 4.78 is 2.35. The molecule has 0 aliphatic heterocycles. The van der Waals surface area contributed by atoms with Gasteiger partial charge < -0.3 is 10.3 Å². The zero-order valence-corrected chi connectivity index (χ0v) is 12.3. The van der Waals surface area contributed by atoms with E-state index in [1.807, 2.05) is 0 Å². The number of nitrogens with two attached hydrogens (primary N) is 1. The molecule has 3 rings (SSSR count). The summed E-state index contributed by atoms with van der Waals surface area (Å²) in [6, 6.07) is 19.6. The fraction of sp³-hybridized carbons (Fsp3) is 0.263. The molecule has 2 aromatic carbocycles. The van der Waals surface area contributed by atoms with Crippen LogP contribution in [0, 0.1) is 0 Å². The predicted octanol–water partition coefficient (Wildman–Crippen LogP) is 3.78. The van der Waals surface area contributed by atoms with E-state index in [9.17, 15) is 0 Å². The summed E-state index contributed by atoms with van der Waals surface area (Å²) in [6.07, 6.45) is 5.45. The normalized spacial score (nSPS) is 11.1. The third kappa shape index (κ3) is 3.34. The average Bonchev–Trinajstić information content (AvgIpc) is 2.91. The molecule has 1 heterocycles. The standard InChI is InChI=1S/C19H22N2/c20-12-10-17-8-9-19-18(15-17)11-14-21(19)13-4-7-16-5-2-1-3-6-16/h1-3,5-6,8-9,11,14-15H,4,7,10,12-13,20H2. The minimum Gasteiger partial charge on any atom is -0.347 e. The highest BCUT2D eigenvalue weighted by Gasteiger charge is 2.02. The molecule has 0 spiro atoms. The minimum atomic E-state index is 0.712. The maximum Gasteiger partial charge on any atom is 0.0480 e. The predicted molar refractivity (Wildman–Crippen MR) is 89.5 cm³/mol. The van der Waals surface area contributed by atoms with Crippen molar-refractivity contribution in [2.45, 2.75) is 25.8 Å². The second kappa shape index (κ2) is 6.59. The van der Waals surface area contributed by atoms with Gasteiger partial charge in [0.05, 0.1) is 0 Å². The smallest absolute Gasteiger partial charge is 0.0480 e. The van der Waals surface area contributed by atoms with Crippen LogP contribution in [0.5, 0.6) is 0 Å². The van der Waals surface area contributed by atoms with Crippen molar-refractivity contribution in [3.63, 3.8) is 0 Å². The maximum atomic E-state index is 5.63. The lowest BCUT2D eigenvalue weighted by atomic mass is 10.1. The van der Waals surface area contributed by atoms with E-state index in [0.717, 1.165) is 19.4 Å². The molecule has 2 N–H and O–H groups in total. The average molecular weight is 278 g/mol. The Morgan fingerprint density at radius 3 is 2.52 bits per heavy atom. The molecular formula is C19H22N2. The monoisotopic (exact) mass is 278 g/mol. The van der Waals surface area contributed by atoms with Crippen molar-refractivity contribution in [2.75, 3.05) is 6.54 Å². The van der Waals surface area contributed by atoms with E-state index in [0.29, 0.717) is 6.54 Å². The summed E-state index contributed by atoms with van der Waals surface area (Å²) >= 11 is 0. The van der Waals surface area contributed by atoms with Crippen LogP contribution in [-0.4, -0.2) is 11.1 Å². The van der Waals surface area contributed by atoms with Crippen LogP contribution >= 0.6 is 0 Å². The Kier molecular flexibility index (Phi) is 4.37. The fourth-order valence-electron chi connectivity index (χ4n) is 2.86. The van der Waals surface area contributed by atoms with E-state index in [1.165, 1.54) is 28.5 Å². The first kappa shape index (κ1) is 13.9. The van der Waals surface area contributed by atoms with Crippen molar-refractivity contribution >= 4 is 10.9 Å². The van der Waals surface area contributed by atoms with Crippen LogP contribution in [0.4, 0.5) is 0 Å². The topological polar surface area (TPSA) is 30.9 Å². The zero-order valence-electron chi connectivity index (χ0n) is 12.3. The highest BCUT2D eigenvalue weighted by atomic mass is 14.9. The Balaban J connectivity index is 1.67. The zero-order chi connectivity index (χ0) is 14.5. The van der Waals surface area contributed by atoms with Crippen LogP contribution < -0.4 is 5.73 Å². The number of fused-ring (bicyclic) bond motifs is 1. The Morgan fingerprint density at radius 2 is 1.71 bits per heavy atom. The summed E-state index contributed by atoms with van der Waals surface area (Å²) in [6.45, 7) is 1.78. The first-order valence-corrected chi connectivity index (χ1v) is 7.68. The summed E-state index contributed by atoms with van der Waals surface area (Å²) in [7, 11) is 0. The second-order valence-electron chi connectivity index (χ2n) is 5.53. The van der Waals surface area contributed by atoms with E-state index in [-0.39, 0.29) is 0 Å². The Labute approximate surface area is 126 Å². The van der Waals surface area contributed by atoms with Crippen LogP contribution in [0.2, 0.25) is 0 Å². The first-order chi connectivity index (χ1) is 10.4. The first-order valence-electron chi connectivity index (χ1n) is 7.68.